The predicted molar refractivity (Wildman–Crippen MR) is 84.2 cm³/mol. The molecule has 0 radical (unpaired) electrons. The summed E-state index contributed by atoms with van der Waals surface area (Å²) in [5.74, 6) is -0.468. The topological polar surface area (TPSA) is 69.6 Å². The zero-order chi connectivity index (χ0) is 15.6. The van der Waals surface area contributed by atoms with Gasteiger partial charge in [-0.15, -0.1) is 0 Å². The van der Waals surface area contributed by atoms with Crippen LogP contribution in [0.15, 0.2) is 12.4 Å². The Kier molecular flexibility index (Phi) is 4.29. The van der Waals surface area contributed by atoms with Gasteiger partial charge in [0.2, 0.25) is 0 Å². The highest BCUT2D eigenvalue weighted by molar-refractivity contribution is 5.90. The van der Waals surface area contributed by atoms with E-state index < -0.39 is 5.97 Å². The van der Waals surface area contributed by atoms with Crippen LogP contribution in [0, 0.1) is 5.41 Å². The van der Waals surface area contributed by atoms with Crippen LogP contribution in [0.4, 0.5) is 5.82 Å². The Bertz CT molecular complexity index is 547. The Hall–Kier alpha value is -1.69. The molecule has 3 heterocycles. The number of aromatic nitrogens is 2. The molecule has 1 aromatic rings. The van der Waals surface area contributed by atoms with Crippen molar-refractivity contribution in [2.45, 2.75) is 32.6 Å². The van der Waals surface area contributed by atoms with Crippen LogP contribution >= 0.6 is 0 Å². The van der Waals surface area contributed by atoms with Gasteiger partial charge in [0.25, 0.3) is 0 Å². The maximum absolute atomic E-state index is 11.4. The first kappa shape index (κ1) is 15.2. The van der Waals surface area contributed by atoms with E-state index in [4.69, 9.17) is 0 Å². The third-order valence-corrected chi connectivity index (χ3v) is 5.03. The number of hydrogen-bond donors (Lipinski definition) is 1. The van der Waals surface area contributed by atoms with Crippen molar-refractivity contribution in [2.24, 2.45) is 5.41 Å². The highest BCUT2D eigenvalue weighted by Gasteiger charge is 2.39. The molecule has 1 aromatic heterocycles. The van der Waals surface area contributed by atoms with Crippen LogP contribution in [0.25, 0.3) is 0 Å². The molecule has 0 aliphatic carbocycles. The molecule has 0 amide bonds. The third-order valence-electron chi connectivity index (χ3n) is 5.03. The molecule has 1 spiro atoms. The lowest BCUT2D eigenvalue weighted by molar-refractivity contribution is 0.0684. The van der Waals surface area contributed by atoms with Gasteiger partial charge < -0.3 is 14.9 Å². The SMILES string of the molecule is CCN1CCCC2(CCCN(c3nccnc3C(=O)O)C2)C1. The molecule has 22 heavy (non-hydrogen) atoms. The second-order valence-electron chi connectivity index (χ2n) is 6.53. The van der Waals surface area contributed by atoms with Gasteiger partial charge in [-0.2, -0.15) is 0 Å². The summed E-state index contributed by atoms with van der Waals surface area (Å²) in [6, 6.07) is 0. The molecule has 1 N–H and O–H groups in total. The highest BCUT2D eigenvalue weighted by atomic mass is 16.4. The molecule has 1 atom stereocenters. The van der Waals surface area contributed by atoms with Gasteiger partial charge in [-0.3, -0.25) is 0 Å². The molecular weight excluding hydrogens is 280 g/mol. The number of carboxylic acids is 1. The molecule has 2 saturated heterocycles. The van der Waals surface area contributed by atoms with Crippen LogP contribution in [0.1, 0.15) is 43.1 Å². The zero-order valence-electron chi connectivity index (χ0n) is 13.2. The Morgan fingerprint density at radius 3 is 2.68 bits per heavy atom. The van der Waals surface area contributed by atoms with Crippen LogP contribution in [0.5, 0.6) is 0 Å². The second-order valence-corrected chi connectivity index (χ2v) is 6.53. The van der Waals surface area contributed by atoms with Crippen LogP contribution in [-0.4, -0.2) is 58.7 Å². The molecule has 3 rings (SSSR count). The lowest BCUT2D eigenvalue weighted by atomic mass is 9.73. The average molecular weight is 304 g/mol. The molecule has 0 saturated carbocycles. The van der Waals surface area contributed by atoms with Crippen molar-refractivity contribution in [3.05, 3.63) is 18.1 Å². The van der Waals surface area contributed by atoms with Gasteiger partial charge in [0.05, 0.1) is 0 Å². The summed E-state index contributed by atoms with van der Waals surface area (Å²) < 4.78 is 0. The van der Waals surface area contributed by atoms with Gasteiger partial charge in [-0.1, -0.05) is 6.92 Å². The van der Waals surface area contributed by atoms with Gasteiger partial charge in [0.1, 0.15) is 0 Å². The number of rotatable bonds is 3. The Morgan fingerprint density at radius 2 is 1.95 bits per heavy atom. The Morgan fingerprint density at radius 1 is 1.23 bits per heavy atom. The van der Waals surface area contributed by atoms with Crippen molar-refractivity contribution >= 4 is 11.8 Å². The number of likely N-dealkylation sites (tertiary alicyclic amines) is 1. The lowest BCUT2D eigenvalue weighted by Crippen LogP contribution is -2.52. The fraction of sp³-hybridized carbons (Fsp3) is 0.688. The van der Waals surface area contributed by atoms with Crippen LogP contribution in [-0.2, 0) is 0 Å². The average Bonchev–Trinajstić information content (AvgIpc) is 2.55. The molecule has 1 unspecified atom stereocenters. The number of anilines is 1. The molecule has 2 fully saturated rings. The number of carbonyl (C=O) groups is 1. The van der Waals surface area contributed by atoms with Gasteiger partial charge in [-0.05, 0) is 38.8 Å². The predicted octanol–water partition coefficient (Wildman–Crippen LogP) is 1.88. The molecule has 6 nitrogen and oxygen atoms in total. The zero-order valence-corrected chi connectivity index (χ0v) is 13.2. The van der Waals surface area contributed by atoms with Crippen LogP contribution in [0.3, 0.4) is 0 Å². The van der Waals surface area contributed by atoms with E-state index in [0.717, 1.165) is 32.6 Å². The van der Waals surface area contributed by atoms with E-state index in [1.165, 1.54) is 32.0 Å². The lowest BCUT2D eigenvalue weighted by Gasteiger charge is -2.48. The molecule has 0 aromatic carbocycles. The Balaban J connectivity index is 1.83. The van der Waals surface area contributed by atoms with Crippen molar-refractivity contribution < 1.29 is 9.90 Å². The number of piperidine rings is 2. The smallest absolute Gasteiger partial charge is 0.358 e. The van der Waals surface area contributed by atoms with E-state index >= 15 is 0 Å². The van der Waals surface area contributed by atoms with E-state index in [2.05, 4.69) is 26.7 Å². The molecule has 120 valence electrons. The molecular formula is C16H24N4O2. The minimum atomic E-state index is -0.999. The quantitative estimate of drug-likeness (QED) is 0.919. The van der Waals surface area contributed by atoms with Crippen LogP contribution < -0.4 is 4.90 Å². The third kappa shape index (κ3) is 2.92. The van der Waals surface area contributed by atoms with Gasteiger partial charge in [0, 0.05) is 37.4 Å². The van der Waals surface area contributed by atoms with Crippen molar-refractivity contribution in [1.82, 2.24) is 14.9 Å². The molecule has 0 bridgehead atoms. The number of aromatic carboxylic acids is 1. The van der Waals surface area contributed by atoms with Crippen molar-refractivity contribution in [1.29, 1.82) is 0 Å². The van der Waals surface area contributed by atoms with E-state index in [-0.39, 0.29) is 11.1 Å². The van der Waals surface area contributed by atoms with Gasteiger partial charge in [0.15, 0.2) is 11.5 Å². The number of nitrogens with zero attached hydrogens (tertiary/aromatic N) is 4. The summed E-state index contributed by atoms with van der Waals surface area (Å²) in [6.45, 7) is 7.36. The minimum absolute atomic E-state index is 0.0720. The van der Waals surface area contributed by atoms with E-state index in [1.54, 1.807) is 6.20 Å². The summed E-state index contributed by atoms with van der Waals surface area (Å²) in [6.07, 6.45) is 7.81. The van der Waals surface area contributed by atoms with E-state index in [0.29, 0.717) is 5.82 Å². The monoisotopic (exact) mass is 304 g/mol. The first-order valence-electron chi connectivity index (χ1n) is 8.15. The van der Waals surface area contributed by atoms with E-state index in [1.807, 2.05) is 0 Å². The standard InChI is InChI=1S/C16H24N4O2/c1-2-19-9-3-5-16(11-19)6-4-10-20(12-16)14-13(15(21)22)17-7-8-18-14/h7-8H,2-6,9-12H2,1H3,(H,21,22). The molecule has 2 aliphatic heterocycles. The fourth-order valence-electron chi connectivity index (χ4n) is 4.01. The molecule has 6 heteroatoms. The summed E-state index contributed by atoms with van der Waals surface area (Å²) in [4.78, 5) is 24.4. The van der Waals surface area contributed by atoms with Crippen molar-refractivity contribution in [3.8, 4) is 0 Å². The number of hydrogen-bond acceptors (Lipinski definition) is 5. The normalized spacial score (nSPS) is 26.3. The maximum Gasteiger partial charge on any atom is 0.358 e. The van der Waals surface area contributed by atoms with E-state index in [9.17, 15) is 9.90 Å². The number of carboxylic acid groups (broad SMARTS) is 1. The maximum atomic E-state index is 11.4. The first-order chi connectivity index (χ1) is 10.6. The van der Waals surface area contributed by atoms with Gasteiger partial charge >= 0.3 is 5.97 Å². The highest BCUT2D eigenvalue weighted by Crippen LogP contribution is 2.39. The Labute approximate surface area is 131 Å². The molecule has 2 aliphatic rings. The van der Waals surface area contributed by atoms with Gasteiger partial charge in [-0.25, -0.2) is 14.8 Å². The van der Waals surface area contributed by atoms with Crippen LogP contribution in [0.2, 0.25) is 0 Å². The minimum Gasteiger partial charge on any atom is -0.476 e. The fourth-order valence-corrected chi connectivity index (χ4v) is 4.01. The largest absolute Gasteiger partial charge is 0.476 e. The van der Waals surface area contributed by atoms with Crippen molar-refractivity contribution in [2.75, 3.05) is 37.6 Å². The summed E-state index contributed by atoms with van der Waals surface area (Å²) >= 11 is 0. The first-order valence-corrected chi connectivity index (χ1v) is 8.15. The summed E-state index contributed by atoms with van der Waals surface area (Å²) in [7, 11) is 0. The second kappa shape index (κ2) is 6.20. The summed E-state index contributed by atoms with van der Waals surface area (Å²) in [5, 5.41) is 9.34. The summed E-state index contributed by atoms with van der Waals surface area (Å²) in [5.41, 5.74) is 0.350. The van der Waals surface area contributed by atoms with Crippen molar-refractivity contribution in [3.63, 3.8) is 0 Å².